The minimum atomic E-state index is 0.301. The van der Waals surface area contributed by atoms with Gasteiger partial charge in [-0.15, -0.1) is 0 Å². The van der Waals surface area contributed by atoms with E-state index in [0.717, 1.165) is 18.9 Å². The highest BCUT2D eigenvalue weighted by Gasteiger charge is 2.35. The maximum atomic E-state index is 9.05. The van der Waals surface area contributed by atoms with Crippen molar-refractivity contribution < 1.29 is 5.11 Å². The standard InChI is InChI=1S/C13H23NO/c15-10-9-13(7-4-8-13)14-11-12-5-2-1-3-6-12/h1-2,12,14-15H,3-11H2. The number of aliphatic hydroxyl groups is 1. The van der Waals surface area contributed by atoms with Gasteiger partial charge in [-0.05, 0) is 57.4 Å². The molecule has 1 unspecified atom stereocenters. The average molecular weight is 209 g/mol. The molecule has 0 aromatic rings. The highest BCUT2D eigenvalue weighted by molar-refractivity contribution is 4.97. The van der Waals surface area contributed by atoms with Crippen LogP contribution in [0.4, 0.5) is 0 Å². The molecule has 2 aliphatic rings. The zero-order chi connectivity index (χ0) is 10.6. The molecule has 0 saturated heterocycles. The average Bonchev–Trinajstić information content (AvgIpc) is 2.23. The molecule has 0 amide bonds. The summed E-state index contributed by atoms with van der Waals surface area (Å²) in [6.45, 7) is 1.47. The van der Waals surface area contributed by atoms with Crippen molar-refractivity contribution in [1.82, 2.24) is 5.32 Å². The molecule has 15 heavy (non-hydrogen) atoms. The molecule has 1 fully saturated rings. The van der Waals surface area contributed by atoms with Crippen molar-refractivity contribution in [3.63, 3.8) is 0 Å². The summed E-state index contributed by atoms with van der Waals surface area (Å²) in [6.07, 6.45) is 13.2. The predicted molar refractivity (Wildman–Crippen MR) is 62.8 cm³/mol. The van der Waals surface area contributed by atoms with E-state index in [1.807, 2.05) is 0 Å². The molecule has 86 valence electrons. The Morgan fingerprint density at radius 1 is 1.33 bits per heavy atom. The van der Waals surface area contributed by atoms with Gasteiger partial charge in [0, 0.05) is 12.1 Å². The molecule has 1 atom stereocenters. The highest BCUT2D eigenvalue weighted by atomic mass is 16.3. The van der Waals surface area contributed by atoms with Crippen LogP contribution in [0.15, 0.2) is 12.2 Å². The van der Waals surface area contributed by atoms with Crippen LogP contribution < -0.4 is 5.32 Å². The van der Waals surface area contributed by atoms with Crippen molar-refractivity contribution in [3.8, 4) is 0 Å². The lowest BCUT2D eigenvalue weighted by molar-refractivity contribution is 0.125. The monoisotopic (exact) mass is 209 g/mol. The molecule has 0 bridgehead atoms. The van der Waals surface area contributed by atoms with Crippen molar-refractivity contribution >= 4 is 0 Å². The molecule has 0 aromatic heterocycles. The van der Waals surface area contributed by atoms with E-state index in [-0.39, 0.29) is 0 Å². The quantitative estimate of drug-likeness (QED) is 0.681. The van der Waals surface area contributed by atoms with Crippen molar-refractivity contribution in [1.29, 1.82) is 0 Å². The van der Waals surface area contributed by atoms with Gasteiger partial charge in [-0.25, -0.2) is 0 Å². The van der Waals surface area contributed by atoms with Crippen LogP contribution in [-0.4, -0.2) is 23.8 Å². The first-order valence-electron chi connectivity index (χ1n) is 6.36. The summed E-state index contributed by atoms with van der Waals surface area (Å²) in [4.78, 5) is 0. The summed E-state index contributed by atoms with van der Waals surface area (Å²) in [5, 5.41) is 12.8. The second-order valence-electron chi connectivity index (χ2n) is 5.14. The van der Waals surface area contributed by atoms with E-state index >= 15 is 0 Å². The fraction of sp³-hybridized carbons (Fsp3) is 0.846. The minimum absolute atomic E-state index is 0.301. The van der Waals surface area contributed by atoms with Crippen LogP contribution >= 0.6 is 0 Å². The number of hydrogen-bond donors (Lipinski definition) is 2. The summed E-state index contributed by atoms with van der Waals surface area (Å²) in [5.41, 5.74) is 0.301. The number of allylic oxidation sites excluding steroid dienone is 2. The van der Waals surface area contributed by atoms with Crippen molar-refractivity contribution in [2.75, 3.05) is 13.2 Å². The number of rotatable bonds is 5. The molecule has 0 aromatic carbocycles. The van der Waals surface area contributed by atoms with E-state index in [9.17, 15) is 0 Å². The Labute approximate surface area is 92.8 Å². The van der Waals surface area contributed by atoms with Gasteiger partial charge in [0.25, 0.3) is 0 Å². The van der Waals surface area contributed by atoms with Crippen LogP contribution in [0.25, 0.3) is 0 Å². The van der Waals surface area contributed by atoms with Gasteiger partial charge in [-0.3, -0.25) is 0 Å². The molecule has 2 heteroatoms. The van der Waals surface area contributed by atoms with Crippen LogP contribution in [0.2, 0.25) is 0 Å². The van der Waals surface area contributed by atoms with Gasteiger partial charge < -0.3 is 10.4 Å². The SMILES string of the molecule is OCCC1(NCC2CC=CCC2)CCC1. The lowest BCUT2D eigenvalue weighted by Crippen LogP contribution is -2.53. The normalized spacial score (nSPS) is 28.7. The van der Waals surface area contributed by atoms with Gasteiger partial charge in [0.1, 0.15) is 0 Å². The molecular weight excluding hydrogens is 186 g/mol. The molecule has 1 saturated carbocycles. The lowest BCUT2D eigenvalue weighted by Gasteiger charge is -2.43. The van der Waals surface area contributed by atoms with Crippen LogP contribution in [-0.2, 0) is 0 Å². The van der Waals surface area contributed by atoms with Gasteiger partial charge in [-0.1, -0.05) is 12.2 Å². The van der Waals surface area contributed by atoms with Gasteiger partial charge in [-0.2, -0.15) is 0 Å². The van der Waals surface area contributed by atoms with E-state index in [2.05, 4.69) is 17.5 Å². The molecule has 0 heterocycles. The fourth-order valence-electron chi connectivity index (χ4n) is 2.74. The summed E-state index contributed by atoms with van der Waals surface area (Å²) >= 11 is 0. The topological polar surface area (TPSA) is 32.3 Å². The third kappa shape index (κ3) is 2.82. The highest BCUT2D eigenvalue weighted by Crippen LogP contribution is 2.35. The Kier molecular flexibility index (Phi) is 3.81. The smallest absolute Gasteiger partial charge is 0.0448 e. The molecule has 2 nitrogen and oxygen atoms in total. The van der Waals surface area contributed by atoms with E-state index in [4.69, 9.17) is 5.11 Å². The Morgan fingerprint density at radius 3 is 2.73 bits per heavy atom. The Bertz CT molecular complexity index is 221. The van der Waals surface area contributed by atoms with Crippen molar-refractivity contribution in [2.24, 2.45) is 5.92 Å². The molecule has 0 spiro atoms. The molecule has 2 rings (SSSR count). The zero-order valence-corrected chi connectivity index (χ0v) is 9.54. The van der Waals surface area contributed by atoms with E-state index in [1.165, 1.54) is 38.5 Å². The maximum Gasteiger partial charge on any atom is 0.0448 e. The summed E-state index contributed by atoms with van der Waals surface area (Å²) in [6, 6.07) is 0. The number of hydrogen-bond acceptors (Lipinski definition) is 2. The molecule has 2 N–H and O–H groups in total. The summed E-state index contributed by atoms with van der Waals surface area (Å²) < 4.78 is 0. The van der Waals surface area contributed by atoms with E-state index in [1.54, 1.807) is 0 Å². The first kappa shape index (κ1) is 11.2. The van der Waals surface area contributed by atoms with Gasteiger partial charge in [0.15, 0.2) is 0 Å². The third-order valence-corrected chi connectivity index (χ3v) is 4.04. The second-order valence-corrected chi connectivity index (χ2v) is 5.14. The maximum absolute atomic E-state index is 9.05. The van der Waals surface area contributed by atoms with Crippen LogP contribution in [0.5, 0.6) is 0 Å². The Balaban J connectivity index is 1.73. The predicted octanol–water partition coefficient (Wildman–Crippen LogP) is 2.24. The first-order valence-corrected chi connectivity index (χ1v) is 6.36. The molecule has 0 aliphatic heterocycles. The second kappa shape index (κ2) is 5.13. The van der Waals surface area contributed by atoms with E-state index < -0.39 is 0 Å². The fourth-order valence-corrected chi connectivity index (χ4v) is 2.74. The molecule has 0 radical (unpaired) electrons. The zero-order valence-electron chi connectivity index (χ0n) is 9.54. The van der Waals surface area contributed by atoms with Gasteiger partial charge >= 0.3 is 0 Å². The number of aliphatic hydroxyl groups excluding tert-OH is 1. The lowest BCUT2D eigenvalue weighted by atomic mass is 9.74. The number of nitrogens with one attached hydrogen (secondary N) is 1. The molecule has 2 aliphatic carbocycles. The summed E-state index contributed by atoms with van der Waals surface area (Å²) in [7, 11) is 0. The van der Waals surface area contributed by atoms with Crippen molar-refractivity contribution in [3.05, 3.63) is 12.2 Å². The summed E-state index contributed by atoms with van der Waals surface area (Å²) in [5.74, 6) is 0.825. The first-order chi connectivity index (χ1) is 7.35. The molecular formula is C13H23NO. The van der Waals surface area contributed by atoms with Crippen LogP contribution in [0.3, 0.4) is 0 Å². The third-order valence-electron chi connectivity index (χ3n) is 4.04. The van der Waals surface area contributed by atoms with Crippen molar-refractivity contribution in [2.45, 2.75) is 50.5 Å². The van der Waals surface area contributed by atoms with E-state index in [0.29, 0.717) is 12.1 Å². The van der Waals surface area contributed by atoms with Crippen LogP contribution in [0, 0.1) is 5.92 Å². The Hall–Kier alpha value is -0.340. The minimum Gasteiger partial charge on any atom is -0.396 e. The Morgan fingerprint density at radius 2 is 2.20 bits per heavy atom. The van der Waals surface area contributed by atoms with Gasteiger partial charge in [0.2, 0.25) is 0 Å². The van der Waals surface area contributed by atoms with Gasteiger partial charge in [0.05, 0.1) is 0 Å². The van der Waals surface area contributed by atoms with Crippen LogP contribution in [0.1, 0.15) is 44.9 Å². The largest absolute Gasteiger partial charge is 0.396 e.